The molecule has 0 aromatic rings. The van der Waals surface area contributed by atoms with Crippen LogP contribution in [0.3, 0.4) is 0 Å². The van der Waals surface area contributed by atoms with Crippen molar-refractivity contribution in [1.82, 2.24) is 60.5 Å². The number of likely N-dealkylation sites (N-methyl/N-ethyl adjacent to an activating group) is 7. The number of amides is 11. The van der Waals surface area contributed by atoms with Crippen LogP contribution in [0.5, 0.6) is 0 Å². The molecule has 25 heteroatoms. The van der Waals surface area contributed by atoms with E-state index in [1.54, 1.807) is 54.5 Å². The highest BCUT2D eigenvalue weighted by Gasteiger charge is 2.46. The Balaban J connectivity index is 4.55. The lowest BCUT2D eigenvalue weighted by molar-refractivity contribution is -0.157. The van der Waals surface area contributed by atoms with E-state index in [4.69, 9.17) is 4.74 Å². The molecule has 1 aliphatic heterocycles. The van der Waals surface area contributed by atoms with Gasteiger partial charge in [-0.05, 0) is 120 Å². The van der Waals surface area contributed by atoms with Gasteiger partial charge in [-0.15, -0.1) is 0 Å². The fourth-order valence-electron chi connectivity index (χ4n) is 12.1. The Morgan fingerprint density at radius 3 is 1.33 bits per heavy atom. The summed E-state index contributed by atoms with van der Waals surface area (Å²) in [6.45, 7) is 36.3. The molecule has 1 heterocycles. The normalized spacial score (nSPS) is 26.2. The lowest BCUT2D eigenvalue weighted by atomic mass is 9.91. The van der Waals surface area contributed by atoms with Gasteiger partial charge >= 0.3 is 0 Å². The third-order valence-corrected chi connectivity index (χ3v) is 18.3. The highest BCUT2D eigenvalue weighted by atomic mass is 16.5. The first-order chi connectivity index (χ1) is 44.1. The van der Waals surface area contributed by atoms with Gasteiger partial charge in [0.15, 0.2) is 0 Å². The Morgan fingerprint density at radius 1 is 0.463 bits per heavy atom. The summed E-state index contributed by atoms with van der Waals surface area (Å²) >= 11 is 0. The average Bonchev–Trinajstić information content (AvgIpc) is 0.947. The molecule has 1 fully saturated rings. The van der Waals surface area contributed by atoms with Crippen molar-refractivity contribution >= 4 is 65.0 Å². The third kappa shape index (κ3) is 25.3. The van der Waals surface area contributed by atoms with Crippen LogP contribution in [0.2, 0.25) is 0 Å². The predicted octanol–water partition coefficient (Wildman–Crippen LogP) is 4.39. The molecule has 0 spiro atoms. The maximum atomic E-state index is 15.4. The van der Waals surface area contributed by atoms with Gasteiger partial charge in [-0.1, -0.05) is 123 Å². The van der Waals surface area contributed by atoms with Gasteiger partial charge in [0, 0.05) is 62.5 Å². The van der Waals surface area contributed by atoms with Crippen molar-refractivity contribution in [1.29, 1.82) is 0 Å². The van der Waals surface area contributed by atoms with Gasteiger partial charge in [0.2, 0.25) is 65.0 Å². The Hall–Kier alpha value is -6.21. The fourth-order valence-corrected chi connectivity index (χ4v) is 12.1. The van der Waals surface area contributed by atoms with Crippen molar-refractivity contribution in [2.24, 2.45) is 41.4 Å². The number of hydrogen-bond donors (Lipinski definition) is 5. The van der Waals surface area contributed by atoms with E-state index in [1.807, 2.05) is 75.3 Å². The molecule has 25 nitrogen and oxygen atoms in total. The molecular weight excluding hydrogens is 1220 g/mol. The van der Waals surface area contributed by atoms with Crippen molar-refractivity contribution in [2.75, 3.05) is 82.2 Å². The van der Waals surface area contributed by atoms with Gasteiger partial charge in [0.05, 0.1) is 12.7 Å². The van der Waals surface area contributed by atoms with Crippen LogP contribution in [0.25, 0.3) is 0 Å². The minimum atomic E-state index is -1.65. The Bertz CT molecular complexity index is 2540. The summed E-state index contributed by atoms with van der Waals surface area (Å²) in [5.41, 5.74) is 0. The number of ether oxygens (including phenoxy) is 1. The zero-order valence-corrected chi connectivity index (χ0v) is 63.0. The number of allylic oxidation sites excluding steroid dienone is 2. The van der Waals surface area contributed by atoms with Gasteiger partial charge in [0.1, 0.15) is 66.5 Å². The number of aliphatic hydroxyl groups excluding tert-OH is 1. The average molecular weight is 1350 g/mol. The van der Waals surface area contributed by atoms with Crippen LogP contribution in [0.4, 0.5) is 0 Å². The van der Waals surface area contributed by atoms with E-state index in [1.165, 1.54) is 92.6 Å². The summed E-state index contributed by atoms with van der Waals surface area (Å²) in [4.78, 5) is 175. The highest BCUT2D eigenvalue weighted by molar-refractivity contribution is 6.00. The van der Waals surface area contributed by atoms with E-state index in [0.717, 1.165) is 18.0 Å². The topological polar surface area (TPSA) is 291 Å². The van der Waals surface area contributed by atoms with Gasteiger partial charge < -0.3 is 70.3 Å². The number of nitrogens with one attached hydrogen (secondary N) is 4. The number of aliphatic hydroxyl groups is 1. The molecule has 1 rings (SSSR count). The molecule has 0 aliphatic carbocycles. The number of carbonyl (C=O) groups excluding carboxylic acids is 11. The lowest BCUT2D eigenvalue weighted by Crippen LogP contribution is -2.64. The molecule has 546 valence electrons. The number of rotatable bonds is 23. The predicted molar refractivity (Wildman–Crippen MR) is 371 cm³/mol. The zero-order chi connectivity index (χ0) is 73.4. The number of nitrogens with zero attached hydrogens (tertiary/aromatic N) is 8. The first kappa shape index (κ1) is 86.8. The van der Waals surface area contributed by atoms with E-state index >= 15 is 28.8 Å². The third-order valence-electron chi connectivity index (χ3n) is 18.3. The standard InChI is InChI=1S/C70H128N12O13/c1-27-31-33-47(17)59(83)58-63(87)73-50(28-2)65(89)79(24)55(40-95-35-32-34-82(29-3)30-4)68(92)75(20)52(37-42(7)8)62(86)74-56(45(13)14)69(93)76(21)51(36-41(5)6)61(85)71-48(18)60(84)72-49(19)64(88)77(22)53(38-43(9)10)66(90)78(23)54(39-44(11)12)67(91)80(25)57(46(15)16)70(94)81(58)26/h27,31,41-59,83H,28-30,32-40H2,1-26H3,(H,71,85)(H,72,84)(H,73,87)(H,74,86)/b31-27+/t47-,48+,49-,50+,51+,52+,53+,54+,55-,56+,57+,58+,59-/m1/s1. The summed E-state index contributed by atoms with van der Waals surface area (Å²) < 4.78 is 6.22. The molecule has 0 unspecified atom stereocenters. The lowest BCUT2D eigenvalue weighted by Gasteiger charge is -2.41. The van der Waals surface area contributed by atoms with Crippen molar-refractivity contribution in [3.63, 3.8) is 0 Å². The molecule has 13 atom stereocenters. The van der Waals surface area contributed by atoms with Crippen molar-refractivity contribution in [3.8, 4) is 0 Å². The van der Waals surface area contributed by atoms with E-state index in [9.17, 15) is 29.1 Å². The van der Waals surface area contributed by atoms with E-state index in [2.05, 4.69) is 26.2 Å². The van der Waals surface area contributed by atoms with Gasteiger partial charge in [-0.2, -0.15) is 0 Å². The molecule has 1 aliphatic rings. The summed E-state index contributed by atoms with van der Waals surface area (Å²) in [7, 11) is 9.99. The molecule has 0 saturated carbocycles. The van der Waals surface area contributed by atoms with Crippen molar-refractivity contribution < 1.29 is 62.6 Å². The van der Waals surface area contributed by atoms with Gasteiger partial charge in [0.25, 0.3) is 0 Å². The van der Waals surface area contributed by atoms with Crippen LogP contribution >= 0.6 is 0 Å². The van der Waals surface area contributed by atoms with Crippen LogP contribution in [0.15, 0.2) is 12.2 Å². The molecule has 0 aromatic carbocycles. The first-order valence-corrected chi connectivity index (χ1v) is 34.8. The summed E-state index contributed by atoms with van der Waals surface area (Å²) in [5.74, 6) is -10.1. The second-order valence-corrected chi connectivity index (χ2v) is 28.8. The second-order valence-electron chi connectivity index (χ2n) is 28.8. The van der Waals surface area contributed by atoms with E-state index in [0.29, 0.717) is 19.4 Å². The number of carbonyl (C=O) groups is 11. The molecule has 95 heavy (non-hydrogen) atoms. The summed E-state index contributed by atoms with van der Waals surface area (Å²) in [5, 5.41) is 23.5. The maximum Gasteiger partial charge on any atom is 0.248 e. The zero-order valence-electron chi connectivity index (χ0n) is 63.0. The van der Waals surface area contributed by atoms with Crippen LogP contribution in [0.1, 0.15) is 176 Å². The van der Waals surface area contributed by atoms with E-state index in [-0.39, 0.29) is 69.0 Å². The summed E-state index contributed by atoms with van der Waals surface area (Å²) in [6.07, 6.45) is 3.47. The molecule has 11 amide bonds. The minimum Gasteiger partial charge on any atom is -0.390 e. The molecule has 0 bridgehead atoms. The molecular formula is C70H128N12O13. The van der Waals surface area contributed by atoms with Crippen LogP contribution in [-0.2, 0) is 57.5 Å². The van der Waals surface area contributed by atoms with Crippen LogP contribution in [0, 0.1) is 41.4 Å². The molecule has 0 radical (unpaired) electrons. The maximum absolute atomic E-state index is 15.4. The van der Waals surface area contributed by atoms with Crippen molar-refractivity contribution in [3.05, 3.63) is 12.2 Å². The highest BCUT2D eigenvalue weighted by Crippen LogP contribution is 2.26. The molecule has 1 saturated heterocycles. The fraction of sp³-hybridized carbons (Fsp3) is 0.814. The van der Waals surface area contributed by atoms with Gasteiger partial charge in [-0.25, -0.2) is 0 Å². The molecule has 0 aromatic heterocycles. The van der Waals surface area contributed by atoms with Crippen LogP contribution in [-0.4, -0.2) is 264 Å². The first-order valence-electron chi connectivity index (χ1n) is 34.8. The second kappa shape index (κ2) is 41.1. The number of hydrogen-bond acceptors (Lipinski definition) is 14. The monoisotopic (exact) mass is 1340 g/mol. The SMILES string of the molecule is C/C=C/C[C@@H](C)[C@@H](O)[C@H]1C(=O)N[C@@H](CC)C(=O)N(C)[C@H](COCCCN(CC)CC)C(=O)N(C)[C@@H](CC(C)C)C(=O)N[C@@H](C(C)C)C(=O)N(C)[C@@H](CC(C)C)C(=O)N[C@@H](C)C(=O)N[C@H](C)C(=O)N(C)[C@@H](CC(C)C)C(=O)N(C)[C@@H](CC(C)C)C(=O)N(C)[C@@H](C(C)C)C(=O)N1C. The van der Waals surface area contributed by atoms with Crippen LogP contribution < -0.4 is 21.3 Å². The largest absolute Gasteiger partial charge is 0.390 e. The van der Waals surface area contributed by atoms with Gasteiger partial charge in [-0.3, -0.25) is 52.7 Å². The minimum absolute atomic E-state index is 0.0213. The van der Waals surface area contributed by atoms with E-state index < -0.39 is 155 Å². The van der Waals surface area contributed by atoms with Crippen molar-refractivity contribution in [2.45, 2.75) is 249 Å². The summed E-state index contributed by atoms with van der Waals surface area (Å²) in [6, 6.07) is -14.1. The quantitative estimate of drug-likeness (QED) is 0.0701. The Morgan fingerprint density at radius 2 is 0.874 bits per heavy atom. The molecule has 5 N–H and O–H groups in total. The Kier molecular flexibility index (Phi) is 37.6. The smallest absolute Gasteiger partial charge is 0.248 e. The Labute approximate surface area is 570 Å².